The Bertz CT molecular complexity index is 383. The second-order valence-corrected chi connectivity index (χ2v) is 5.27. The van der Waals surface area contributed by atoms with E-state index in [2.05, 4.69) is 49.8 Å². The van der Waals surface area contributed by atoms with Gasteiger partial charge < -0.3 is 5.11 Å². The van der Waals surface area contributed by atoms with Crippen LogP contribution < -0.4 is 0 Å². The number of aliphatic hydroxyl groups is 1. The number of hydrogen-bond acceptors (Lipinski definition) is 4. The van der Waals surface area contributed by atoms with Gasteiger partial charge in [-0.25, -0.2) is 4.68 Å². The molecule has 1 unspecified atom stereocenters. The molecular weight excluding hydrogens is 252 g/mol. The Morgan fingerprint density at radius 3 is 2.25 bits per heavy atom. The van der Waals surface area contributed by atoms with Gasteiger partial charge >= 0.3 is 0 Å². The van der Waals surface area contributed by atoms with Crippen LogP contribution in [-0.2, 0) is 6.54 Å². The molecule has 0 spiro atoms. The first-order valence-corrected chi connectivity index (χ1v) is 7.92. The van der Waals surface area contributed by atoms with Crippen molar-refractivity contribution >= 4 is 0 Å². The molecule has 0 aliphatic rings. The van der Waals surface area contributed by atoms with Gasteiger partial charge in [0, 0.05) is 6.54 Å². The molecule has 1 rings (SSSR count). The van der Waals surface area contributed by atoms with Crippen LogP contribution in [0.3, 0.4) is 0 Å². The van der Waals surface area contributed by atoms with Crippen molar-refractivity contribution in [2.45, 2.75) is 72.1 Å². The van der Waals surface area contributed by atoms with E-state index in [0.29, 0.717) is 0 Å². The van der Waals surface area contributed by atoms with E-state index in [9.17, 15) is 5.11 Å². The van der Waals surface area contributed by atoms with E-state index in [4.69, 9.17) is 0 Å². The lowest BCUT2D eigenvalue weighted by Gasteiger charge is -2.45. The maximum Gasteiger partial charge on any atom is 0.116 e. The van der Waals surface area contributed by atoms with Gasteiger partial charge in [-0.1, -0.05) is 39.8 Å². The molecule has 5 nitrogen and oxygen atoms in total. The molecule has 5 heteroatoms. The first kappa shape index (κ1) is 17.1. The van der Waals surface area contributed by atoms with Crippen LogP contribution in [0.5, 0.6) is 0 Å². The van der Waals surface area contributed by atoms with Crippen LogP contribution in [0.15, 0.2) is 6.20 Å². The van der Waals surface area contributed by atoms with Crippen molar-refractivity contribution in [3.63, 3.8) is 0 Å². The van der Waals surface area contributed by atoms with Gasteiger partial charge in [0.25, 0.3) is 0 Å². The minimum absolute atomic E-state index is 0.239. The number of likely N-dealkylation sites (N-methyl/N-ethyl adjacent to an activating group) is 1. The highest BCUT2D eigenvalue weighted by Gasteiger charge is 2.41. The summed E-state index contributed by atoms with van der Waals surface area (Å²) in [5.74, 6) is 0. The summed E-state index contributed by atoms with van der Waals surface area (Å²) in [5, 5.41) is 19.1. The highest BCUT2D eigenvalue weighted by molar-refractivity contribution is 5.10. The van der Waals surface area contributed by atoms with Crippen molar-refractivity contribution in [1.82, 2.24) is 19.9 Å². The molecule has 1 aromatic rings. The zero-order valence-electron chi connectivity index (χ0n) is 13.6. The molecule has 0 aliphatic carbocycles. The molecule has 1 atom stereocenters. The molecule has 0 bridgehead atoms. The summed E-state index contributed by atoms with van der Waals surface area (Å²) in [6.45, 7) is 13.4. The summed E-state index contributed by atoms with van der Waals surface area (Å²) < 4.78 is 1.84. The van der Waals surface area contributed by atoms with Gasteiger partial charge in [-0.3, -0.25) is 4.90 Å². The molecule has 0 fully saturated rings. The molecule has 20 heavy (non-hydrogen) atoms. The minimum atomic E-state index is -0.557. The maximum atomic E-state index is 11.0. The normalized spacial score (nSPS) is 13.9. The van der Waals surface area contributed by atoms with E-state index in [0.717, 1.165) is 44.6 Å². The molecule has 0 amide bonds. The SMILES string of the molecule is CCCn1nncc1C(O)C(CC)(CC)N(CC)CC. The Balaban J connectivity index is 3.16. The van der Waals surface area contributed by atoms with Crippen LogP contribution in [0.1, 0.15) is 65.7 Å². The third-order valence-electron chi connectivity index (χ3n) is 4.49. The zero-order valence-corrected chi connectivity index (χ0v) is 13.6. The van der Waals surface area contributed by atoms with Crippen LogP contribution in [0.25, 0.3) is 0 Å². The fourth-order valence-corrected chi connectivity index (χ4v) is 3.25. The van der Waals surface area contributed by atoms with Crippen LogP contribution >= 0.6 is 0 Å². The van der Waals surface area contributed by atoms with E-state index in [-0.39, 0.29) is 5.54 Å². The van der Waals surface area contributed by atoms with Gasteiger partial charge in [0.05, 0.1) is 17.4 Å². The highest BCUT2D eigenvalue weighted by atomic mass is 16.3. The predicted octanol–water partition coefficient (Wildman–Crippen LogP) is 2.62. The largest absolute Gasteiger partial charge is 0.385 e. The Morgan fingerprint density at radius 1 is 1.20 bits per heavy atom. The summed E-state index contributed by atoms with van der Waals surface area (Å²) in [6, 6.07) is 0. The predicted molar refractivity (Wildman–Crippen MR) is 81.5 cm³/mol. The summed E-state index contributed by atoms with van der Waals surface area (Å²) in [4.78, 5) is 2.36. The smallest absolute Gasteiger partial charge is 0.116 e. The monoisotopic (exact) mass is 282 g/mol. The number of aromatic nitrogens is 3. The molecular formula is C15H30N4O. The number of aryl methyl sites for hydroxylation is 1. The minimum Gasteiger partial charge on any atom is -0.385 e. The lowest BCUT2D eigenvalue weighted by Crippen LogP contribution is -2.52. The van der Waals surface area contributed by atoms with E-state index >= 15 is 0 Å². The van der Waals surface area contributed by atoms with Crippen molar-refractivity contribution in [3.8, 4) is 0 Å². The Morgan fingerprint density at radius 2 is 1.80 bits per heavy atom. The number of rotatable bonds is 9. The first-order valence-electron chi connectivity index (χ1n) is 7.92. The van der Waals surface area contributed by atoms with Crippen molar-refractivity contribution in [2.75, 3.05) is 13.1 Å². The average molecular weight is 282 g/mol. The Kier molecular flexibility index (Phi) is 6.62. The van der Waals surface area contributed by atoms with Crippen molar-refractivity contribution in [1.29, 1.82) is 0 Å². The number of nitrogens with zero attached hydrogens (tertiary/aromatic N) is 4. The highest BCUT2D eigenvalue weighted by Crippen LogP contribution is 2.37. The Labute approximate surface area is 123 Å². The molecule has 0 radical (unpaired) electrons. The Hall–Kier alpha value is -0.940. The summed E-state index contributed by atoms with van der Waals surface area (Å²) >= 11 is 0. The third kappa shape index (κ3) is 3.04. The van der Waals surface area contributed by atoms with E-state index in [1.54, 1.807) is 6.20 Å². The quantitative estimate of drug-likeness (QED) is 0.756. The van der Waals surface area contributed by atoms with Gasteiger partial charge in [-0.15, -0.1) is 5.10 Å². The molecule has 1 aromatic heterocycles. The van der Waals surface area contributed by atoms with Crippen molar-refractivity contribution in [2.24, 2.45) is 0 Å². The van der Waals surface area contributed by atoms with Crippen molar-refractivity contribution in [3.05, 3.63) is 11.9 Å². The molecule has 116 valence electrons. The summed E-state index contributed by atoms with van der Waals surface area (Å²) in [6.07, 6.45) is 3.95. The fourth-order valence-electron chi connectivity index (χ4n) is 3.25. The van der Waals surface area contributed by atoms with Gasteiger partial charge in [-0.2, -0.15) is 0 Å². The van der Waals surface area contributed by atoms with Gasteiger partial charge in [0.2, 0.25) is 0 Å². The molecule has 1 N–H and O–H groups in total. The van der Waals surface area contributed by atoms with Crippen LogP contribution in [0.4, 0.5) is 0 Å². The number of hydrogen-bond donors (Lipinski definition) is 1. The molecule has 0 aliphatic heterocycles. The average Bonchev–Trinajstić information content (AvgIpc) is 2.92. The van der Waals surface area contributed by atoms with E-state index in [1.807, 2.05) is 4.68 Å². The van der Waals surface area contributed by atoms with Gasteiger partial charge in [0.1, 0.15) is 6.10 Å². The lowest BCUT2D eigenvalue weighted by molar-refractivity contribution is -0.0408. The van der Waals surface area contributed by atoms with E-state index < -0.39 is 6.10 Å². The second-order valence-electron chi connectivity index (χ2n) is 5.27. The van der Waals surface area contributed by atoms with Crippen molar-refractivity contribution < 1.29 is 5.11 Å². The third-order valence-corrected chi connectivity index (χ3v) is 4.49. The van der Waals surface area contributed by atoms with Crippen LogP contribution in [0, 0.1) is 0 Å². The molecule has 0 saturated carbocycles. The topological polar surface area (TPSA) is 54.2 Å². The zero-order chi connectivity index (χ0) is 15.2. The summed E-state index contributed by atoms with van der Waals surface area (Å²) in [5.41, 5.74) is 0.596. The summed E-state index contributed by atoms with van der Waals surface area (Å²) in [7, 11) is 0. The molecule has 0 saturated heterocycles. The fraction of sp³-hybridized carbons (Fsp3) is 0.867. The van der Waals surface area contributed by atoms with Gasteiger partial charge in [-0.05, 0) is 32.4 Å². The second kappa shape index (κ2) is 7.74. The number of aliphatic hydroxyl groups excluding tert-OH is 1. The van der Waals surface area contributed by atoms with Crippen LogP contribution in [0.2, 0.25) is 0 Å². The van der Waals surface area contributed by atoms with E-state index in [1.165, 1.54) is 0 Å². The maximum absolute atomic E-state index is 11.0. The lowest BCUT2D eigenvalue weighted by atomic mass is 9.82. The standard InChI is InChI=1S/C15H30N4O/c1-6-11-19-13(12-16-17-19)14(20)15(7-2,8-3)18(9-4)10-5/h12,14,20H,6-11H2,1-5H3. The van der Waals surface area contributed by atoms with Gasteiger partial charge in [0.15, 0.2) is 0 Å². The molecule has 0 aromatic carbocycles. The van der Waals surface area contributed by atoms with Crippen LogP contribution in [-0.4, -0.2) is 43.6 Å². The first-order chi connectivity index (χ1) is 9.61. The molecule has 1 heterocycles.